The third-order valence-electron chi connectivity index (χ3n) is 5.66. The Morgan fingerprint density at radius 1 is 1.28 bits per heavy atom. The second-order valence-electron chi connectivity index (χ2n) is 8.18. The highest BCUT2D eigenvalue weighted by Gasteiger charge is 2.19. The van der Waals surface area contributed by atoms with Crippen LogP contribution in [0.2, 0.25) is 0 Å². The van der Waals surface area contributed by atoms with Crippen LogP contribution in [0.15, 0.2) is 42.7 Å². The summed E-state index contributed by atoms with van der Waals surface area (Å²) in [4.78, 5) is 25.0. The summed E-state index contributed by atoms with van der Waals surface area (Å²) in [6, 6.07) is 9.33. The largest absolute Gasteiger partial charge is 0.394 e. The highest BCUT2D eigenvalue weighted by Crippen LogP contribution is 2.24. The molecule has 3 aromatic rings. The molecule has 4 N–H and O–H groups in total. The Balaban J connectivity index is 1.49. The third kappa shape index (κ3) is 5.15. The first kappa shape index (κ1) is 22.0. The molecule has 0 radical (unpaired) electrons. The fourth-order valence-electron chi connectivity index (χ4n) is 3.85. The van der Waals surface area contributed by atoms with Crippen molar-refractivity contribution in [3.05, 3.63) is 65.1 Å². The summed E-state index contributed by atoms with van der Waals surface area (Å²) in [5.41, 5.74) is 4.83. The van der Waals surface area contributed by atoms with Crippen molar-refractivity contribution in [3.8, 4) is 11.3 Å². The van der Waals surface area contributed by atoms with E-state index in [2.05, 4.69) is 25.6 Å². The van der Waals surface area contributed by atoms with Gasteiger partial charge in [-0.3, -0.25) is 4.79 Å². The molecule has 0 saturated carbocycles. The number of carbonyl (C=O) groups is 1. The minimum Gasteiger partial charge on any atom is -0.394 e. The summed E-state index contributed by atoms with van der Waals surface area (Å²) in [5, 5.41) is 16.1. The SMILES string of the molecule is Cc1cccc([C@@H](CO)NC(=O)c2cc(-c3nc(NC4CCOCC4)ncc3C)c[nH]2)c1. The van der Waals surface area contributed by atoms with Crippen LogP contribution in [0.3, 0.4) is 0 Å². The van der Waals surface area contributed by atoms with E-state index in [-0.39, 0.29) is 12.5 Å². The number of rotatable bonds is 7. The van der Waals surface area contributed by atoms with Crippen LogP contribution in [-0.2, 0) is 4.74 Å². The number of aromatic nitrogens is 3. The Morgan fingerprint density at radius 2 is 2.09 bits per heavy atom. The number of aliphatic hydroxyl groups excluding tert-OH is 1. The highest BCUT2D eigenvalue weighted by molar-refractivity contribution is 5.94. The van der Waals surface area contributed by atoms with E-state index in [4.69, 9.17) is 4.74 Å². The number of hydrogen-bond acceptors (Lipinski definition) is 6. The van der Waals surface area contributed by atoms with Crippen LogP contribution in [0.25, 0.3) is 11.3 Å². The lowest BCUT2D eigenvalue weighted by Gasteiger charge is -2.23. The number of aromatic amines is 1. The maximum Gasteiger partial charge on any atom is 0.268 e. The summed E-state index contributed by atoms with van der Waals surface area (Å²) >= 11 is 0. The van der Waals surface area contributed by atoms with E-state index in [0.29, 0.717) is 17.7 Å². The minimum absolute atomic E-state index is 0.186. The molecular weight excluding hydrogens is 406 g/mol. The molecule has 1 saturated heterocycles. The Kier molecular flexibility index (Phi) is 6.82. The number of aryl methyl sites for hydroxylation is 2. The monoisotopic (exact) mass is 435 g/mol. The fourth-order valence-corrected chi connectivity index (χ4v) is 3.85. The van der Waals surface area contributed by atoms with Crippen LogP contribution in [0.1, 0.15) is 46.1 Å². The molecule has 8 nitrogen and oxygen atoms in total. The Morgan fingerprint density at radius 3 is 2.84 bits per heavy atom. The number of hydrogen-bond donors (Lipinski definition) is 4. The topological polar surface area (TPSA) is 112 Å². The average molecular weight is 436 g/mol. The van der Waals surface area contributed by atoms with Crippen LogP contribution < -0.4 is 10.6 Å². The smallest absolute Gasteiger partial charge is 0.268 e. The van der Waals surface area contributed by atoms with Gasteiger partial charge in [0, 0.05) is 37.2 Å². The van der Waals surface area contributed by atoms with Crippen molar-refractivity contribution >= 4 is 11.9 Å². The van der Waals surface area contributed by atoms with Gasteiger partial charge in [-0.05, 0) is 43.9 Å². The van der Waals surface area contributed by atoms with Crippen molar-refractivity contribution in [3.63, 3.8) is 0 Å². The van der Waals surface area contributed by atoms with Crippen molar-refractivity contribution in [1.29, 1.82) is 0 Å². The highest BCUT2D eigenvalue weighted by atomic mass is 16.5. The molecule has 8 heteroatoms. The van der Waals surface area contributed by atoms with Crippen molar-refractivity contribution in [1.82, 2.24) is 20.3 Å². The molecule has 32 heavy (non-hydrogen) atoms. The number of nitrogens with zero attached hydrogens (tertiary/aromatic N) is 2. The molecule has 0 unspecified atom stereocenters. The molecule has 1 atom stereocenters. The Bertz CT molecular complexity index is 1080. The molecule has 1 aliphatic rings. The Labute approximate surface area is 187 Å². The molecule has 4 rings (SSSR count). The summed E-state index contributed by atoms with van der Waals surface area (Å²) in [7, 11) is 0. The number of H-pyrrole nitrogens is 1. The number of carbonyl (C=O) groups excluding carboxylic acids is 1. The number of benzene rings is 1. The second-order valence-corrected chi connectivity index (χ2v) is 8.18. The van der Waals surface area contributed by atoms with E-state index < -0.39 is 6.04 Å². The van der Waals surface area contributed by atoms with Crippen LogP contribution in [0.5, 0.6) is 0 Å². The number of ether oxygens (including phenoxy) is 1. The number of aliphatic hydroxyl groups is 1. The van der Waals surface area contributed by atoms with E-state index in [9.17, 15) is 9.90 Å². The molecule has 1 fully saturated rings. The van der Waals surface area contributed by atoms with Gasteiger partial charge in [0.1, 0.15) is 5.69 Å². The standard InChI is InChI=1S/C24H29N5O3/c1-15-4-3-5-17(10-15)21(14-30)28-23(31)20-11-18(13-25-20)22-16(2)12-26-24(29-22)27-19-6-8-32-9-7-19/h3-5,10-13,19,21,25,30H,6-9,14H2,1-2H3,(H,28,31)(H,26,27,29)/t21-/m1/s1. The number of anilines is 1. The lowest BCUT2D eigenvalue weighted by atomic mass is 10.0. The van der Waals surface area contributed by atoms with Crippen molar-refractivity contribution in [2.75, 3.05) is 25.1 Å². The molecule has 0 aliphatic carbocycles. The van der Waals surface area contributed by atoms with Gasteiger partial charge in [-0.15, -0.1) is 0 Å². The van der Waals surface area contributed by atoms with Gasteiger partial charge in [-0.2, -0.15) is 0 Å². The predicted molar refractivity (Wildman–Crippen MR) is 122 cm³/mol. The van der Waals surface area contributed by atoms with Crippen molar-refractivity contribution < 1.29 is 14.6 Å². The van der Waals surface area contributed by atoms with E-state index in [1.807, 2.05) is 38.1 Å². The maximum atomic E-state index is 12.8. The van der Waals surface area contributed by atoms with Gasteiger partial charge in [0.2, 0.25) is 5.95 Å². The first-order valence-corrected chi connectivity index (χ1v) is 10.9. The summed E-state index contributed by atoms with van der Waals surface area (Å²) < 4.78 is 5.41. The van der Waals surface area contributed by atoms with Gasteiger partial charge >= 0.3 is 0 Å². The van der Waals surface area contributed by atoms with E-state index >= 15 is 0 Å². The van der Waals surface area contributed by atoms with Crippen molar-refractivity contribution in [2.24, 2.45) is 0 Å². The fraction of sp³-hybridized carbons (Fsp3) is 0.375. The molecule has 1 aliphatic heterocycles. The number of amides is 1. The molecule has 168 valence electrons. The minimum atomic E-state index is -0.481. The third-order valence-corrected chi connectivity index (χ3v) is 5.66. The van der Waals surface area contributed by atoms with Crippen LogP contribution >= 0.6 is 0 Å². The summed E-state index contributed by atoms with van der Waals surface area (Å²) in [6.07, 6.45) is 5.40. The lowest BCUT2D eigenvalue weighted by Crippen LogP contribution is -2.31. The van der Waals surface area contributed by atoms with Crippen LogP contribution in [0, 0.1) is 13.8 Å². The predicted octanol–water partition coefficient (Wildman–Crippen LogP) is 3.14. The van der Waals surface area contributed by atoms with Gasteiger partial charge in [-0.1, -0.05) is 29.8 Å². The number of nitrogens with one attached hydrogen (secondary N) is 3. The zero-order valence-electron chi connectivity index (χ0n) is 18.4. The van der Waals surface area contributed by atoms with Crippen LogP contribution in [0.4, 0.5) is 5.95 Å². The molecule has 1 amide bonds. The van der Waals surface area contributed by atoms with Gasteiger partial charge in [0.15, 0.2) is 0 Å². The van der Waals surface area contributed by atoms with E-state index in [1.54, 1.807) is 18.5 Å². The summed E-state index contributed by atoms with van der Waals surface area (Å²) in [6.45, 7) is 5.22. The quantitative estimate of drug-likeness (QED) is 0.454. The Hall–Kier alpha value is -3.23. The van der Waals surface area contributed by atoms with Gasteiger partial charge in [-0.25, -0.2) is 9.97 Å². The normalized spacial score (nSPS) is 15.3. The molecular formula is C24H29N5O3. The van der Waals surface area contributed by atoms with Gasteiger partial charge in [0.25, 0.3) is 5.91 Å². The molecule has 1 aromatic carbocycles. The molecule has 0 bridgehead atoms. The zero-order valence-corrected chi connectivity index (χ0v) is 18.4. The van der Waals surface area contributed by atoms with E-state index in [0.717, 1.165) is 54.0 Å². The van der Waals surface area contributed by atoms with Gasteiger partial charge in [0.05, 0.1) is 18.3 Å². The van der Waals surface area contributed by atoms with Gasteiger partial charge < -0.3 is 25.5 Å². The average Bonchev–Trinajstić information content (AvgIpc) is 3.29. The van der Waals surface area contributed by atoms with Crippen molar-refractivity contribution in [2.45, 2.75) is 38.8 Å². The lowest BCUT2D eigenvalue weighted by molar-refractivity contribution is 0.0902. The first-order chi connectivity index (χ1) is 15.5. The molecule has 3 heterocycles. The molecule has 2 aromatic heterocycles. The first-order valence-electron chi connectivity index (χ1n) is 10.9. The van der Waals surface area contributed by atoms with E-state index in [1.165, 1.54) is 0 Å². The molecule has 0 spiro atoms. The summed E-state index contributed by atoms with van der Waals surface area (Å²) in [5.74, 6) is 0.286. The second kappa shape index (κ2) is 9.93. The van der Waals surface area contributed by atoms with Crippen LogP contribution in [-0.4, -0.2) is 51.8 Å². The zero-order chi connectivity index (χ0) is 22.5. The maximum absolute atomic E-state index is 12.8.